The van der Waals surface area contributed by atoms with Gasteiger partial charge in [-0.25, -0.2) is 8.42 Å². The van der Waals surface area contributed by atoms with Crippen LogP contribution in [0.3, 0.4) is 0 Å². The number of nitrogens with zero attached hydrogens (tertiary/aromatic N) is 3. The smallest absolute Gasteiger partial charge is 0.245 e. The van der Waals surface area contributed by atoms with Gasteiger partial charge in [-0.15, -0.1) is 6.58 Å². The van der Waals surface area contributed by atoms with Gasteiger partial charge >= 0.3 is 0 Å². The lowest BCUT2D eigenvalue weighted by atomic mass is 9.96. The minimum Gasteiger partial charge on any atom is -0.351 e. The fourth-order valence-corrected chi connectivity index (χ4v) is 6.27. The number of sulfonamides is 1. The molecule has 2 heterocycles. The number of rotatable bonds is 10. The Labute approximate surface area is 196 Å². The van der Waals surface area contributed by atoms with Gasteiger partial charge in [-0.2, -0.15) is 24.8 Å². The van der Waals surface area contributed by atoms with Crippen molar-refractivity contribution in [2.24, 2.45) is 5.92 Å². The lowest BCUT2D eigenvalue weighted by molar-refractivity contribution is -0.131. The van der Waals surface area contributed by atoms with Crippen LogP contribution >= 0.6 is 23.5 Å². The van der Waals surface area contributed by atoms with E-state index in [1.807, 2.05) is 6.26 Å². The summed E-state index contributed by atoms with van der Waals surface area (Å²) < 4.78 is 36.0. The zero-order valence-electron chi connectivity index (χ0n) is 17.8. The van der Waals surface area contributed by atoms with Crippen LogP contribution in [-0.4, -0.2) is 71.0 Å². The first kappa shape index (κ1) is 24.6. The molecule has 1 aliphatic rings. The third-order valence-corrected chi connectivity index (χ3v) is 8.47. The molecule has 1 fully saturated rings. The van der Waals surface area contributed by atoms with Gasteiger partial charge in [0.05, 0.1) is 11.7 Å². The number of aromatic nitrogens is 2. The molecule has 0 unspecified atom stereocenters. The van der Waals surface area contributed by atoms with E-state index >= 15 is 0 Å². The highest BCUT2D eigenvalue weighted by Crippen LogP contribution is 2.28. The molecule has 32 heavy (non-hydrogen) atoms. The van der Waals surface area contributed by atoms with Gasteiger partial charge in [0.15, 0.2) is 0 Å². The van der Waals surface area contributed by atoms with Crippen molar-refractivity contribution < 1.29 is 18.0 Å². The minimum absolute atomic E-state index is 0.141. The Morgan fingerprint density at radius 1 is 1.34 bits per heavy atom. The molecule has 12 heteroatoms. The molecule has 0 saturated carbocycles. The molecule has 2 aromatic rings. The molecule has 3 rings (SSSR count). The molecule has 1 saturated heterocycles. The Morgan fingerprint density at radius 3 is 2.78 bits per heavy atom. The van der Waals surface area contributed by atoms with Crippen molar-refractivity contribution in [1.82, 2.24) is 23.7 Å². The van der Waals surface area contributed by atoms with Crippen molar-refractivity contribution in [3.8, 4) is 0 Å². The lowest BCUT2D eigenvalue weighted by Crippen LogP contribution is -2.50. The van der Waals surface area contributed by atoms with Crippen molar-refractivity contribution in [1.29, 1.82) is 0 Å². The van der Waals surface area contributed by atoms with E-state index in [1.165, 1.54) is 10.4 Å². The highest BCUT2D eigenvalue weighted by molar-refractivity contribution is 7.98. The second-order valence-electron chi connectivity index (χ2n) is 7.44. The second-order valence-corrected chi connectivity index (χ2v) is 10.9. The van der Waals surface area contributed by atoms with Crippen LogP contribution < -0.4 is 10.6 Å². The first-order valence-electron chi connectivity index (χ1n) is 10.3. The molecular weight excluding hydrogens is 470 g/mol. The van der Waals surface area contributed by atoms with E-state index in [2.05, 4.69) is 26.0 Å². The molecule has 1 atom stereocenters. The normalized spacial score (nSPS) is 16.5. The minimum atomic E-state index is -3.74. The number of amides is 2. The molecule has 0 spiro atoms. The maximum atomic E-state index is 13.2. The molecule has 0 aliphatic carbocycles. The number of thioether (sulfide) groups is 1. The molecular formula is C20H27N5O4S3. The molecule has 1 aromatic carbocycles. The van der Waals surface area contributed by atoms with Crippen molar-refractivity contribution >= 4 is 56.4 Å². The number of hydrogen-bond donors (Lipinski definition) is 2. The van der Waals surface area contributed by atoms with Gasteiger partial charge in [0.2, 0.25) is 21.8 Å². The van der Waals surface area contributed by atoms with E-state index in [4.69, 9.17) is 0 Å². The van der Waals surface area contributed by atoms with Crippen LogP contribution in [0, 0.1) is 5.92 Å². The van der Waals surface area contributed by atoms with Crippen LogP contribution in [0.5, 0.6) is 0 Å². The summed E-state index contributed by atoms with van der Waals surface area (Å²) in [6, 6.07) is 4.30. The highest BCUT2D eigenvalue weighted by Gasteiger charge is 2.34. The Hall–Kier alpha value is -2.02. The summed E-state index contributed by atoms with van der Waals surface area (Å²) in [5.74, 6) is -0.0627. The van der Waals surface area contributed by atoms with Gasteiger partial charge in [-0.1, -0.05) is 12.1 Å². The molecule has 0 radical (unpaired) electrons. The van der Waals surface area contributed by atoms with E-state index in [-0.39, 0.29) is 35.7 Å². The van der Waals surface area contributed by atoms with Gasteiger partial charge in [-0.05, 0) is 43.4 Å². The first-order chi connectivity index (χ1) is 15.4. The average Bonchev–Trinajstić information content (AvgIpc) is 3.29. The largest absolute Gasteiger partial charge is 0.351 e. The molecule has 2 N–H and O–H groups in total. The van der Waals surface area contributed by atoms with Crippen LogP contribution in [0.2, 0.25) is 0 Å². The highest BCUT2D eigenvalue weighted by atomic mass is 32.2. The quantitative estimate of drug-likeness (QED) is 0.479. The van der Waals surface area contributed by atoms with Gasteiger partial charge in [-0.3, -0.25) is 9.59 Å². The van der Waals surface area contributed by atoms with Gasteiger partial charge < -0.3 is 10.6 Å². The van der Waals surface area contributed by atoms with Crippen LogP contribution in [0.1, 0.15) is 19.3 Å². The molecule has 0 bridgehead atoms. The predicted octanol–water partition coefficient (Wildman–Crippen LogP) is 1.63. The summed E-state index contributed by atoms with van der Waals surface area (Å²) >= 11 is 2.58. The van der Waals surface area contributed by atoms with Gasteiger partial charge in [0.1, 0.15) is 22.0 Å². The third kappa shape index (κ3) is 5.66. The predicted molar refractivity (Wildman–Crippen MR) is 127 cm³/mol. The molecule has 174 valence electrons. The van der Waals surface area contributed by atoms with E-state index in [9.17, 15) is 18.0 Å². The first-order valence-corrected chi connectivity index (χ1v) is 13.8. The van der Waals surface area contributed by atoms with E-state index < -0.39 is 16.1 Å². The monoisotopic (exact) mass is 497 g/mol. The van der Waals surface area contributed by atoms with Gasteiger partial charge in [0, 0.05) is 25.6 Å². The zero-order valence-corrected chi connectivity index (χ0v) is 20.3. The SMILES string of the molecule is C=CCNC(=O)[C@H](CCSC)NC(=O)C1CCN(S(=O)(=O)c2cccc3nsnc23)CC1. The summed E-state index contributed by atoms with van der Waals surface area (Å²) in [5, 5.41) is 5.58. The van der Waals surface area contributed by atoms with Crippen LogP contribution in [0.15, 0.2) is 35.7 Å². The zero-order chi connectivity index (χ0) is 23.1. The summed E-state index contributed by atoms with van der Waals surface area (Å²) in [6.07, 6.45) is 4.83. The summed E-state index contributed by atoms with van der Waals surface area (Å²) in [7, 11) is -3.74. The Balaban J connectivity index is 1.62. The molecule has 1 aliphatic heterocycles. The van der Waals surface area contributed by atoms with Crippen LogP contribution in [0.4, 0.5) is 0 Å². The summed E-state index contributed by atoms with van der Waals surface area (Å²) in [6.45, 7) is 4.38. The number of fused-ring (bicyclic) bond motifs is 1. The average molecular weight is 498 g/mol. The van der Waals surface area contributed by atoms with E-state index in [0.717, 1.165) is 17.5 Å². The topological polar surface area (TPSA) is 121 Å². The lowest BCUT2D eigenvalue weighted by Gasteiger charge is -2.31. The fraction of sp³-hybridized carbons (Fsp3) is 0.500. The Kier molecular flexibility index (Phi) is 8.63. The number of benzene rings is 1. The number of piperidine rings is 1. The maximum Gasteiger partial charge on any atom is 0.245 e. The number of hydrogen-bond acceptors (Lipinski definition) is 8. The van der Waals surface area contributed by atoms with Gasteiger partial charge in [0.25, 0.3) is 0 Å². The third-order valence-electron chi connectivity index (χ3n) is 5.36. The number of carbonyl (C=O) groups is 2. The fourth-order valence-electron chi connectivity index (χ4n) is 3.58. The molecule has 9 nitrogen and oxygen atoms in total. The number of nitrogens with one attached hydrogen (secondary N) is 2. The van der Waals surface area contributed by atoms with Crippen LogP contribution in [0.25, 0.3) is 11.0 Å². The van der Waals surface area contributed by atoms with Crippen molar-refractivity contribution in [2.45, 2.75) is 30.2 Å². The van der Waals surface area contributed by atoms with Crippen molar-refractivity contribution in [3.63, 3.8) is 0 Å². The summed E-state index contributed by atoms with van der Waals surface area (Å²) in [5.41, 5.74) is 0.927. The molecule has 2 amide bonds. The molecule has 1 aromatic heterocycles. The Morgan fingerprint density at radius 2 is 2.09 bits per heavy atom. The standard InChI is InChI=1S/C20H27N5O4S3/c1-3-10-21-20(27)16(9-13-30-2)22-19(26)14-7-11-25(12-8-14)32(28,29)17-6-4-5-15-18(17)24-31-23-15/h3-6,14,16H,1,7-13H2,2H3,(H,21,27)(H,22,26)/t16-/m0/s1. The number of carbonyl (C=O) groups excluding carboxylic acids is 2. The maximum absolute atomic E-state index is 13.2. The summed E-state index contributed by atoms with van der Waals surface area (Å²) in [4.78, 5) is 25.3. The van der Waals surface area contributed by atoms with E-state index in [0.29, 0.717) is 36.8 Å². The van der Waals surface area contributed by atoms with E-state index in [1.54, 1.807) is 30.0 Å². The van der Waals surface area contributed by atoms with Crippen molar-refractivity contribution in [2.75, 3.05) is 31.6 Å². The van der Waals surface area contributed by atoms with Crippen molar-refractivity contribution in [3.05, 3.63) is 30.9 Å². The Bertz CT molecular complexity index is 1060. The van der Waals surface area contributed by atoms with Crippen LogP contribution in [-0.2, 0) is 19.6 Å². The second kappa shape index (κ2) is 11.2.